The van der Waals surface area contributed by atoms with Crippen LogP contribution >= 0.6 is 0 Å². The fourth-order valence-corrected chi connectivity index (χ4v) is 2.46. The predicted octanol–water partition coefficient (Wildman–Crippen LogP) is 3.27. The molecule has 104 valence electrons. The van der Waals surface area contributed by atoms with Crippen molar-refractivity contribution in [1.82, 2.24) is 0 Å². The van der Waals surface area contributed by atoms with E-state index in [2.05, 4.69) is 0 Å². The summed E-state index contributed by atoms with van der Waals surface area (Å²) < 4.78 is 31.6. The maximum atomic E-state index is 13.8. The molecule has 1 N–H and O–H groups in total. The fourth-order valence-electron chi connectivity index (χ4n) is 2.46. The number of ether oxygens (including phenoxy) is 1. The van der Waals surface area contributed by atoms with Gasteiger partial charge in [-0.1, -0.05) is 0 Å². The summed E-state index contributed by atoms with van der Waals surface area (Å²) in [7, 11) is 1.34. The first-order valence-electron chi connectivity index (χ1n) is 6.20. The van der Waals surface area contributed by atoms with Crippen molar-refractivity contribution >= 4 is 5.97 Å². The van der Waals surface area contributed by atoms with E-state index in [1.165, 1.54) is 13.2 Å². The van der Waals surface area contributed by atoms with Gasteiger partial charge in [0.2, 0.25) is 0 Å². The van der Waals surface area contributed by atoms with E-state index in [-0.39, 0.29) is 29.6 Å². The number of rotatable bonds is 6. The standard InChI is InChI=1S/C14H16F2O3/c1-19-14-11(4-8(7-15)5-12(14)16)10(6-13(17)18)9-2-3-9/h4-5,9-10H,2-3,6-7H2,1H3,(H,17,18). The summed E-state index contributed by atoms with van der Waals surface area (Å²) in [6, 6.07) is 2.61. The van der Waals surface area contributed by atoms with Gasteiger partial charge in [0.25, 0.3) is 0 Å². The smallest absolute Gasteiger partial charge is 0.303 e. The zero-order valence-corrected chi connectivity index (χ0v) is 10.7. The molecule has 19 heavy (non-hydrogen) atoms. The highest BCUT2D eigenvalue weighted by atomic mass is 19.1. The van der Waals surface area contributed by atoms with E-state index in [1.54, 1.807) is 0 Å². The van der Waals surface area contributed by atoms with Crippen LogP contribution in [0, 0.1) is 11.7 Å². The molecule has 1 saturated carbocycles. The van der Waals surface area contributed by atoms with Crippen LogP contribution in [-0.4, -0.2) is 18.2 Å². The van der Waals surface area contributed by atoms with Crippen molar-refractivity contribution in [3.63, 3.8) is 0 Å². The van der Waals surface area contributed by atoms with Crippen LogP contribution in [0.15, 0.2) is 12.1 Å². The van der Waals surface area contributed by atoms with Crippen LogP contribution in [0.3, 0.4) is 0 Å². The van der Waals surface area contributed by atoms with Gasteiger partial charge in [-0.3, -0.25) is 4.79 Å². The minimum Gasteiger partial charge on any atom is -0.493 e. The van der Waals surface area contributed by atoms with Crippen LogP contribution in [-0.2, 0) is 11.5 Å². The minimum atomic E-state index is -0.940. The molecule has 1 fully saturated rings. The molecule has 1 aliphatic rings. The number of aliphatic carboxylic acids is 1. The molecule has 3 nitrogen and oxygen atoms in total. The van der Waals surface area contributed by atoms with Crippen LogP contribution in [0.4, 0.5) is 8.78 Å². The summed E-state index contributed by atoms with van der Waals surface area (Å²) >= 11 is 0. The molecule has 1 aromatic rings. The molecule has 0 saturated heterocycles. The Morgan fingerprint density at radius 1 is 1.53 bits per heavy atom. The van der Waals surface area contributed by atoms with Gasteiger partial charge in [0.05, 0.1) is 13.5 Å². The molecule has 0 heterocycles. The largest absolute Gasteiger partial charge is 0.493 e. The summed E-state index contributed by atoms with van der Waals surface area (Å²) in [6.45, 7) is -0.779. The van der Waals surface area contributed by atoms with Crippen molar-refractivity contribution in [1.29, 1.82) is 0 Å². The van der Waals surface area contributed by atoms with Crippen LogP contribution < -0.4 is 4.74 Å². The number of carbonyl (C=O) groups is 1. The van der Waals surface area contributed by atoms with Crippen LogP contribution in [0.5, 0.6) is 5.75 Å². The molecule has 1 atom stereocenters. The Hall–Kier alpha value is -1.65. The third kappa shape index (κ3) is 3.03. The molecule has 0 bridgehead atoms. The summed E-state index contributed by atoms with van der Waals surface area (Å²) in [5, 5.41) is 8.97. The van der Waals surface area contributed by atoms with Gasteiger partial charge in [-0.25, -0.2) is 8.78 Å². The zero-order chi connectivity index (χ0) is 14.0. The Bertz CT molecular complexity index is 484. The molecular formula is C14H16F2O3. The highest BCUT2D eigenvalue weighted by Gasteiger charge is 2.36. The van der Waals surface area contributed by atoms with E-state index in [9.17, 15) is 13.6 Å². The topological polar surface area (TPSA) is 46.5 Å². The first-order chi connectivity index (χ1) is 9.06. The average Bonchev–Trinajstić information content (AvgIpc) is 3.19. The average molecular weight is 270 g/mol. The number of halogens is 2. The summed E-state index contributed by atoms with van der Waals surface area (Å²) in [4.78, 5) is 10.9. The molecule has 5 heteroatoms. The Morgan fingerprint density at radius 2 is 2.21 bits per heavy atom. The Balaban J connectivity index is 2.44. The number of carboxylic acid groups (broad SMARTS) is 1. The van der Waals surface area contributed by atoms with Gasteiger partial charge in [-0.15, -0.1) is 0 Å². The lowest BCUT2D eigenvalue weighted by molar-refractivity contribution is -0.137. The van der Waals surface area contributed by atoms with E-state index < -0.39 is 18.5 Å². The second-order valence-electron chi connectivity index (χ2n) is 4.88. The molecular weight excluding hydrogens is 254 g/mol. The maximum Gasteiger partial charge on any atom is 0.303 e. The van der Waals surface area contributed by atoms with Crippen molar-refractivity contribution in [2.75, 3.05) is 7.11 Å². The number of hydrogen-bond donors (Lipinski definition) is 1. The highest BCUT2D eigenvalue weighted by Crippen LogP contribution is 2.47. The molecule has 0 spiro atoms. The normalized spacial score (nSPS) is 16.2. The van der Waals surface area contributed by atoms with Crippen LogP contribution in [0.25, 0.3) is 0 Å². The zero-order valence-electron chi connectivity index (χ0n) is 10.7. The molecule has 2 rings (SSSR count). The number of benzene rings is 1. The lowest BCUT2D eigenvalue weighted by atomic mass is 9.89. The number of hydrogen-bond acceptors (Lipinski definition) is 2. The van der Waals surface area contributed by atoms with Gasteiger partial charge in [-0.2, -0.15) is 0 Å². The second-order valence-corrected chi connectivity index (χ2v) is 4.88. The molecule has 0 aromatic heterocycles. The number of alkyl halides is 1. The van der Waals surface area contributed by atoms with Crippen molar-refractivity contribution in [3.8, 4) is 5.75 Å². The third-order valence-electron chi connectivity index (χ3n) is 3.48. The lowest BCUT2D eigenvalue weighted by Gasteiger charge is -2.19. The Labute approximate surface area is 110 Å². The van der Waals surface area contributed by atoms with Gasteiger partial charge < -0.3 is 9.84 Å². The van der Waals surface area contributed by atoms with Crippen molar-refractivity contribution in [2.24, 2.45) is 5.92 Å². The maximum absolute atomic E-state index is 13.8. The molecule has 0 aliphatic heterocycles. The number of carboxylic acids is 1. The van der Waals surface area contributed by atoms with Gasteiger partial charge in [0, 0.05) is 11.5 Å². The third-order valence-corrected chi connectivity index (χ3v) is 3.48. The predicted molar refractivity (Wildman–Crippen MR) is 65.5 cm³/mol. The second kappa shape index (κ2) is 5.55. The SMILES string of the molecule is COc1c(F)cc(CF)cc1C(CC(=O)O)C1CC1. The first-order valence-corrected chi connectivity index (χ1v) is 6.20. The van der Waals surface area contributed by atoms with Gasteiger partial charge in [0.15, 0.2) is 11.6 Å². The fraction of sp³-hybridized carbons (Fsp3) is 0.500. The van der Waals surface area contributed by atoms with Crippen molar-refractivity contribution in [3.05, 3.63) is 29.1 Å². The van der Waals surface area contributed by atoms with Crippen molar-refractivity contribution < 1.29 is 23.4 Å². The van der Waals surface area contributed by atoms with E-state index in [1.807, 2.05) is 0 Å². The van der Waals surface area contributed by atoms with Gasteiger partial charge >= 0.3 is 5.97 Å². The summed E-state index contributed by atoms with van der Waals surface area (Å²) in [5.74, 6) is -1.63. The van der Waals surface area contributed by atoms with Crippen LogP contribution in [0.1, 0.15) is 36.3 Å². The summed E-state index contributed by atoms with van der Waals surface area (Å²) in [6.07, 6.45) is 1.75. The lowest BCUT2D eigenvalue weighted by Crippen LogP contribution is -2.11. The molecule has 0 radical (unpaired) electrons. The van der Waals surface area contributed by atoms with Gasteiger partial charge in [-0.05, 0) is 36.5 Å². The molecule has 0 amide bonds. The van der Waals surface area contributed by atoms with E-state index in [4.69, 9.17) is 9.84 Å². The number of methoxy groups -OCH3 is 1. The quantitative estimate of drug-likeness (QED) is 0.863. The minimum absolute atomic E-state index is 0.0374. The first kappa shape index (κ1) is 13.8. The Morgan fingerprint density at radius 3 is 2.68 bits per heavy atom. The van der Waals surface area contributed by atoms with E-state index in [0.717, 1.165) is 18.9 Å². The molecule has 1 aromatic carbocycles. The van der Waals surface area contributed by atoms with Crippen molar-refractivity contribution in [2.45, 2.75) is 31.9 Å². The summed E-state index contributed by atoms with van der Waals surface area (Å²) in [5.41, 5.74) is 0.685. The van der Waals surface area contributed by atoms with Crippen LogP contribution in [0.2, 0.25) is 0 Å². The molecule has 1 unspecified atom stereocenters. The van der Waals surface area contributed by atoms with E-state index >= 15 is 0 Å². The highest BCUT2D eigenvalue weighted by molar-refractivity contribution is 5.68. The van der Waals surface area contributed by atoms with Gasteiger partial charge in [0.1, 0.15) is 6.67 Å². The Kier molecular flexibility index (Phi) is 4.02. The molecule has 1 aliphatic carbocycles. The monoisotopic (exact) mass is 270 g/mol. The van der Waals surface area contributed by atoms with E-state index in [0.29, 0.717) is 5.56 Å².